The number of aromatic nitrogens is 2. The predicted octanol–water partition coefficient (Wildman–Crippen LogP) is 1.51. The molecule has 0 unspecified atom stereocenters. The molecule has 1 saturated carbocycles. The molecule has 2 fully saturated rings. The maximum atomic E-state index is 12.6. The molecule has 2 amide bonds. The van der Waals surface area contributed by atoms with Gasteiger partial charge in [-0.05, 0) is 31.7 Å². The predicted molar refractivity (Wildman–Crippen MR) is 85.5 cm³/mol. The van der Waals surface area contributed by atoms with E-state index in [4.69, 9.17) is 4.84 Å². The lowest BCUT2D eigenvalue weighted by atomic mass is 9.84. The first kappa shape index (κ1) is 15.6. The molecule has 3 heterocycles. The largest absolute Gasteiger partial charge is 0.334 e. The number of carbonyl (C=O) groups is 2. The second-order valence-electron chi connectivity index (χ2n) is 7.01. The lowest BCUT2D eigenvalue weighted by molar-refractivity contribution is -0.198. The van der Waals surface area contributed by atoms with E-state index in [0.29, 0.717) is 32.7 Å². The zero-order valence-corrected chi connectivity index (χ0v) is 13.9. The van der Waals surface area contributed by atoms with E-state index in [-0.39, 0.29) is 23.8 Å². The fourth-order valence-corrected chi connectivity index (χ4v) is 3.72. The summed E-state index contributed by atoms with van der Waals surface area (Å²) in [7, 11) is 0. The second-order valence-corrected chi connectivity index (χ2v) is 7.01. The van der Waals surface area contributed by atoms with Crippen LogP contribution < -0.4 is 0 Å². The van der Waals surface area contributed by atoms with Crippen molar-refractivity contribution in [2.75, 3.05) is 19.7 Å². The van der Waals surface area contributed by atoms with Crippen molar-refractivity contribution >= 4 is 11.8 Å². The number of hydrogen-bond donors (Lipinski definition) is 0. The smallest absolute Gasteiger partial charge is 0.248 e. The van der Waals surface area contributed by atoms with E-state index in [1.165, 1.54) is 5.06 Å². The molecule has 1 aromatic rings. The van der Waals surface area contributed by atoms with E-state index in [1.54, 1.807) is 6.20 Å². The summed E-state index contributed by atoms with van der Waals surface area (Å²) in [6.45, 7) is 2.42. The van der Waals surface area contributed by atoms with Gasteiger partial charge in [-0.2, -0.15) is 5.10 Å². The molecule has 0 radical (unpaired) electrons. The maximum Gasteiger partial charge on any atom is 0.248 e. The Morgan fingerprint density at radius 1 is 1.25 bits per heavy atom. The molecule has 130 valence electrons. The fourth-order valence-electron chi connectivity index (χ4n) is 3.72. The van der Waals surface area contributed by atoms with Crippen molar-refractivity contribution in [2.24, 2.45) is 5.92 Å². The van der Waals surface area contributed by atoms with Gasteiger partial charge in [0, 0.05) is 25.2 Å². The summed E-state index contributed by atoms with van der Waals surface area (Å²) in [5.74, 6) is 0.403. The van der Waals surface area contributed by atoms with E-state index in [0.717, 1.165) is 37.8 Å². The second kappa shape index (κ2) is 6.55. The van der Waals surface area contributed by atoms with Crippen molar-refractivity contribution in [3.05, 3.63) is 18.0 Å². The van der Waals surface area contributed by atoms with E-state index in [2.05, 4.69) is 5.10 Å². The Hall–Kier alpha value is -1.89. The highest BCUT2D eigenvalue weighted by molar-refractivity contribution is 5.80. The average molecular weight is 332 g/mol. The number of hydrogen-bond acceptors (Lipinski definition) is 4. The Morgan fingerprint density at radius 3 is 2.83 bits per heavy atom. The van der Waals surface area contributed by atoms with Gasteiger partial charge >= 0.3 is 0 Å². The number of rotatable bonds is 3. The third-order valence-corrected chi connectivity index (χ3v) is 5.34. The quantitative estimate of drug-likeness (QED) is 0.841. The first-order valence-electron chi connectivity index (χ1n) is 8.97. The van der Waals surface area contributed by atoms with Crippen LogP contribution in [0.5, 0.6) is 0 Å². The summed E-state index contributed by atoms with van der Waals surface area (Å²) in [5, 5.41) is 5.86. The zero-order valence-electron chi connectivity index (χ0n) is 13.9. The molecule has 7 heteroatoms. The Kier molecular flexibility index (Phi) is 4.26. The summed E-state index contributed by atoms with van der Waals surface area (Å²) >= 11 is 0. The van der Waals surface area contributed by atoms with Crippen molar-refractivity contribution in [1.29, 1.82) is 0 Å². The van der Waals surface area contributed by atoms with Crippen molar-refractivity contribution in [1.82, 2.24) is 19.7 Å². The molecule has 4 rings (SSSR count). The molecule has 1 aromatic heterocycles. The Labute approximate surface area is 141 Å². The van der Waals surface area contributed by atoms with Gasteiger partial charge in [0.1, 0.15) is 0 Å². The van der Waals surface area contributed by atoms with Gasteiger partial charge in [0.25, 0.3) is 0 Å². The number of hydroxylamine groups is 2. The number of amides is 2. The number of carbonyl (C=O) groups excluding carboxylic acids is 2. The molecule has 0 aromatic carbocycles. The van der Waals surface area contributed by atoms with Crippen LogP contribution in [0.3, 0.4) is 0 Å². The van der Waals surface area contributed by atoms with Gasteiger partial charge in [-0.25, -0.2) is 5.06 Å². The van der Waals surface area contributed by atoms with Crippen molar-refractivity contribution in [2.45, 2.75) is 51.1 Å². The molecule has 24 heavy (non-hydrogen) atoms. The summed E-state index contributed by atoms with van der Waals surface area (Å²) in [5.41, 5.74) is 1.01. The van der Waals surface area contributed by atoms with Gasteiger partial charge in [0.05, 0.1) is 31.3 Å². The van der Waals surface area contributed by atoms with Crippen LogP contribution in [0.4, 0.5) is 0 Å². The Bertz CT molecular complexity index is 619. The van der Waals surface area contributed by atoms with Gasteiger partial charge in [0.2, 0.25) is 11.8 Å². The Morgan fingerprint density at radius 2 is 2.12 bits per heavy atom. The minimum atomic E-state index is -0.106. The summed E-state index contributed by atoms with van der Waals surface area (Å²) in [6, 6.07) is 1.83. The fraction of sp³-hybridized carbons (Fsp3) is 0.706. The van der Waals surface area contributed by atoms with E-state index >= 15 is 0 Å². The van der Waals surface area contributed by atoms with Crippen molar-refractivity contribution in [3.8, 4) is 0 Å². The van der Waals surface area contributed by atoms with Crippen LogP contribution in [-0.4, -0.2) is 51.3 Å². The minimum absolute atomic E-state index is 0.0147. The van der Waals surface area contributed by atoms with Crippen LogP contribution in [0.15, 0.2) is 12.3 Å². The Balaban J connectivity index is 1.46. The normalized spacial score (nSPS) is 24.4. The zero-order chi connectivity index (χ0) is 16.5. The molecule has 0 spiro atoms. The van der Waals surface area contributed by atoms with Crippen LogP contribution in [0.2, 0.25) is 0 Å². The summed E-state index contributed by atoms with van der Waals surface area (Å²) in [4.78, 5) is 32.5. The first-order valence-corrected chi connectivity index (χ1v) is 8.97. The van der Waals surface area contributed by atoms with Gasteiger partial charge in [-0.15, -0.1) is 0 Å². The van der Waals surface area contributed by atoms with E-state index < -0.39 is 0 Å². The number of nitrogens with zero attached hydrogens (tertiary/aromatic N) is 4. The lowest BCUT2D eigenvalue weighted by Gasteiger charge is -2.38. The monoisotopic (exact) mass is 332 g/mol. The SMILES string of the molecule is O=C(C1CCC1)N1Cc2ccnn2[C@@H](CC(=O)N2CCCCO2)C1. The highest BCUT2D eigenvalue weighted by Gasteiger charge is 2.35. The highest BCUT2D eigenvalue weighted by atomic mass is 16.7. The standard InChI is InChI=1S/C17H24N4O3/c22-16(20-8-1-2-9-24-20)10-15-12-19(17(23)13-4-3-5-13)11-14-6-7-18-21(14)15/h6-7,13,15H,1-5,8-12H2/t15-/m0/s1. The lowest BCUT2D eigenvalue weighted by Crippen LogP contribution is -2.46. The third kappa shape index (κ3) is 2.92. The van der Waals surface area contributed by atoms with Gasteiger partial charge in [-0.1, -0.05) is 6.42 Å². The van der Waals surface area contributed by atoms with E-state index in [9.17, 15) is 9.59 Å². The molecule has 7 nitrogen and oxygen atoms in total. The van der Waals surface area contributed by atoms with Gasteiger partial charge in [-0.3, -0.25) is 19.1 Å². The molecule has 1 aliphatic carbocycles. The third-order valence-electron chi connectivity index (χ3n) is 5.34. The van der Waals surface area contributed by atoms with Crippen molar-refractivity contribution < 1.29 is 14.4 Å². The molecule has 2 aliphatic heterocycles. The van der Waals surface area contributed by atoms with Crippen LogP contribution in [0, 0.1) is 5.92 Å². The number of fused-ring (bicyclic) bond motifs is 1. The van der Waals surface area contributed by atoms with Crippen LogP contribution in [0.1, 0.15) is 50.3 Å². The molecular formula is C17H24N4O3. The average Bonchev–Trinajstić information content (AvgIpc) is 3.02. The maximum absolute atomic E-state index is 12.6. The molecular weight excluding hydrogens is 308 g/mol. The minimum Gasteiger partial charge on any atom is -0.334 e. The summed E-state index contributed by atoms with van der Waals surface area (Å²) < 4.78 is 1.91. The van der Waals surface area contributed by atoms with Gasteiger partial charge < -0.3 is 4.90 Å². The molecule has 1 saturated heterocycles. The van der Waals surface area contributed by atoms with Gasteiger partial charge in [0.15, 0.2) is 0 Å². The van der Waals surface area contributed by atoms with Crippen LogP contribution in [-0.2, 0) is 21.0 Å². The molecule has 3 aliphatic rings. The topological polar surface area (TPSA) is 67.7 Å². The molecule has 0 bridgehead atoms. The van der Waals surface area contributed by atoms with Crippen molar-refractivity contribution in [3.63, 3.8) is 0 Å². The first-order chi connectivity index (χ1) is 11.7. The molecule has 0 N–H and O–H groups in total. The van der Waals surface area contributed by atoms with Crippen LogP contribution in [0.25, 0.3) is 0 Å². The molecule has 1 atom stereocenters. The summed E-state index contributed by atoms with van der Waals surface area (Å²) in [6.07, 6.45) is 7.20. The highest BCUT2D eigenvalue weighted by Crippen LogP contribution is 2.31. The van der Waals surface area contributed by atoms with E-state index in [1.807, 2.05) is 15.6 Å². The van der Waals surface area contributed by atoms with Crippen LogP contribution >= 0.6 is 0 Å².